The van der Waals surface area contributed by atoms with E-state index in [0.717, 1.165) is 50.5 Å². The molecule has 1 aromatic rings. The number of halogens is 2. The highest BCUT2D eigenvalue weighted by Crippen LogP contribution is 2.26. The van der Waals surface area contributed by atoms with Gasteiger partial charge in [-0.2, -0.15) is 0 Å². The fraction of sp³-hybridized carbons (Fsp3) is 0.579. The van der Waals surface area contributed by atoms with Crippen molar-refractivity contribution >= 4 is 53.1 Å². The molecule has 0 atom stereocenters. The maximum atomic E-state index is 11.7. The van der Waals surface area contributed by atoms with Gasteiger partial charge in [-0.25, -0.2) is 0 Å². The van der Waals surface area contributed by atoms with E-state index in [1.165, 1.54) is 12.1 Å². The zero-order chi connectivity index (χ0) is 18.4. The first-order valence-electron chi connectivity index (χ1n) is 9.46. The number of nitrogens with two attached hydrogens (primary N) is 1. The van der Waals surface area contributed by atoms with Crippen LogP contribution in [0.2, 0.25) is 5.02 Å². The number of piperazine rings is 1. The third-order valence-electron chi connectivity index (χ3n) is 5.18. The molecule has 0 radical (unpaired) electrons. The number of anilines is 1. The molecule has 0 aromatic heterocycles. The third-order valence-corrected chi connectivity index (χ3v) is 5.43. The van der Waals surface area contributed by atoms with E-state index in [0.29, 0.717) is 19.0 Å². The van der Waals surface area contributed by atoms with Crippen LogP contribution in [0, 0.1) is 5.92 Å². The van der Waals surface area contributed by atoms with Gasteiger partial charge < -0.3 is 20.9 Å². The summed E-state index contributed by atoms with van der Waals surface area (Å²) in [6, 6.07) is 7.94. The van der Waals surface area contributed by atoms with Gasteiger partial charge in [-0.1, -0.05) is 18.0 Å². The van der Waals surface area contributed by atoms with Crippen molar-refractivity contribution in [2.24, 2.45) is 16.6 Å². The maximum Gasteiger partial charge on any atom is 0.223 e. The summed E-state index contributed by atoms with van der Waals surface area (Å²) in [4.78, 5) is 20.7. The van der Waals surface area contributed by atoms with E-state index in [2.05, 4.69) is 20.1 Å². The average Bonchev–Trinajstić information content (AvgIpc) is 2.60. The molecule has 0 unspecified atom stereocenters. The van der Waals surface area contributed by atoms with Crippen molar-refractivity contribution < 1.29 is 4.79 Å². The fourth-order valence-electron chi connectivity index (χ4n) is 3.24. The van der Waals surface area contributed by atoms with Gasteiger partial charge >= 0.3 is 0 Å². The normalized spacial score (nSPS) is 17.9. The Balaban J connectivity index is 0.00000261. The first-order chi connectivity index (χ1) is 12.6. The Kier molecular flexibility index (Phi) is 8.95. The molecule has 1 aromatic carbocycles. The lowest BCUT2D eigenvalue weighted by atomic mass is 9.85. The summed E-state index contributed by atoms with van der Waals surface area (Å²) in [6.45, 7) is 4.86. The van der Waals surface area contributed by atoms with Crippen LogP contribution >= 0.6 is 35.6 Å². The highest BCUT2D eigenvalue weighted by molar-refractivity contribution is 14.0. The average molecular weight is 506 g/mol. The smallest absolute Gasteiger partial charge is 0.223 e. The van der Waals surface area contributed by atoms with Gasteiger partial charge in [-0.05, 0) is 43.5 Å². The topological polar surface area (TPSA) is 74.0 Å². The molecule has 150 valence electrons. The van der Waals surface area contributed by atoms with Crippen molar-refractivity contribution in [1.29, 1.82) is 0 Å². The summed E-state index contributed by atoms with van der Waals surface area (Å²) < 4.78 is 0. The van der Waals surface area contributed by atoms with Crippen molar-refractivity contribution in [2.45, 2.75) is 25.7 Å². The number of carbonyl (C=O) groups excluding carboxylic acids is 1. The van der Waals surface area contributed by atoms with Crippen LogP contribution in [0.5, 0.6) is 0 Å². The number of carbonyl (C=O) groups is 1. The molecule has 1 saturated heterocycles. The number of hydrogen-bond acceptors (Lipinski definition) is 3. The van der Waals surface area contributed by atoms with Gasteiger partial charge in [0.05, 0.1) is 0 Å². The lowest BCUT2D eigenvalue weighted by Crippen LogP contribution is -2.51. The van der Waals surface area contributed by atoms with Gasteiger partial charge in [0.2, 0.25) is 5.91 Å². The molecule has 6 nitrogen and oxygen atoms in total. The van der Waals surface area contributed by atoms with E-state index >= 15 is 0 Å². The van der Waals surface area contributed by atoms with Gasteiger partial charge in [0, 0.05) is 55.9 Å². The van der Waals surface area contributed by atoms with Crippen LogP contribution in [0.3, 0.4) is 0 Å². The molecule has 1 aliphatic carbocycles. The molecule has 0 bridgehead atoms. The van der Waals surface area contributed by atoms with E-state index < -0.39 is 0 Å². The van der Waals surface area contributed by atoms with Crippen LogP contribution in [-0.2, 0) is 4.79 Å². The number of hydrogen-bond donors (Lipinski definition) is 2. The highest BCUT2D eigenvalue weighted by atomic mass is 127. The summed E-state index contributed by atoms with van der Waals surface area (Å²) in [5.74, 6) is 1.05. The quantitative estimate of drug-likeness (QED) is 0.270. The number of guanidine groups is 1. The zero-order valence-electron chi connectivity index (χ0n) is 15.6. The van der Waals surface area contributed by atoms with Gasteiger partial charge in [0.15, 0.2) is 5.96 Å². The van der Waals surface area contributed by atoms with E-state index in [1.54, 1.807) is 0 Å². The molecule has 1 heterocycles. The molecule has 2 fully saturated rings. The SMILES string of the molecule is I.NC(=NCCCNC(=O)C1CCC1)N1CCN(c2ccc(Cl)cc2)CC1. The number of nitrogens with one attached hydrogen (secondary N) is 1. The molecule has 0 spiro atoms. The van der Waals surface area contributed by atoms with Gasteiger partial charge in [0.25, 0.3) is 0 Å². The zero-order valence-corrected chi connectivity index (χ0v) is 18.7. The van der Waals surface area contributed by atoms with Gasteiger partial charge in [-0.15, -0.1) is 24.0 Å². The Labute approximate surface area is 183 Å². The first-order valence-corrected chi connectivity index (χ1v) is 9.84. The van der Waals surface area contributed by atoms with Crippen molar-refractivity contribution in [3.63, 3.8) is 0 Å². The fourth-order valence-corrected chi connectivity index (χ4v) is 3.37. The predicted molar refractivity (Wildman–Crippen MR) is 122 cm³/mol. The van der Waals surface area contributed by atoms with Crippen LogP contribution in [0.1, 0.15) is 25.7 Å². The Bertz CT molecular complexity index is 627. The summed E-state index contributed by atoms with van der Waals surface area (Å²) in [5, 5.41) is 3.74. The second-order valence-electron chi connectivity index (χ2n) is 6.96. The Hall–Kier alpha value is -1.22. The Morgan fingerprint density at radius 2 is 1.85 bits per heavy atom. The molecule has 3 rings (SSSR count). The molecule has 1 aliphatic heterocycles. The maximum absolute atomic E-state index is 11.7. The van der Waals surface area contributed by atoms with Gasteiger partial charge in [-0.3, -0.25) is 9.79 Å². The minimum Gasteiger partial charge on any atom is -0.370 e. The Morgan fingerprint density at radius 1 is 1.19 bits per heavy atom. The van der Waals surface area contributed by atoms with Crippen molar-refractivity contribution in [3.05, 3.63) is 29.3 Å². The number of nitrogens with zero attached hydrogens (tertiary/aromatic N) is 3. The summed E-state index contributed by atoms with van der Waals surface area (Å²) in [6.07, 6.45) is 4.09. The second kappa shape index (κ2) is 10.9. The predicted octanol–water partition coefficient (Wildman–Crippen LogP) is 2.70. The number of aliphatic imine (C=N–C) groups is 1. The largest absolute Gasteiger partial charge is 0.370 e. The molecular formula is C19H29ClIN5O. The van der Waals surface area contributed by atoms with Crippen molar-refractivity contribution in [1.82, 2.24) is 10.2 Å². The van der Waals surface area contributed by atoms with E-state index in [9.17, 15) is 4.79 Å². The van der Waals surface area contributed by atoms with Crippen LogP contribution in [0.25, 0.3) is 0 Å². The number of benzene rings is 1. The molecule has 1 amide bonds. The third kappa shape index (κ3) is 6.41. The van der Waals surface area contributed by atoms with Crippen LogP contribution in [0.15, 0.2) is 29.3 Å². The van der Waals surface area contributed by atoms with Gasteiger partial charge in [0.1, 0.15) is 0 Å². The number of rotatable bonds is 6. The van der Waals surface area contributed by atoms with E-state index in [1.807, 2.05) is 24.3 Å². The molecular weight excluding hydrogens is 477 g/mol. The minimum absolute atomic E-state index is 0. The van der Waals surface area contributed by atoms with Crippen molar-refractivity contribution in [3.8, 4) is 0 Å². The second-order valence-corrected chi connectivity index (χ2v) is 7.40. The molecule has 1 saturated carbocycles. The molecule has 3 N–H and O–H groups in total. The minimum atomic E-state index is 0. The molecule has 2 aliphatic rings. The monoisotopic (exact) mass is 505 g/mol. The van der Waals surface area contributed by atoms with Crippen molar-refractivity contribution in [2.75, 3.05) is 44.2 Å². The summed E-state index contributed by atoms with van der Waals surface area (Å²) in [7, 11) is 0. The van der Waals surface area contributed by atoms with Crippen LogP contribution in [-0.4, -0.2) is 56.0 Å². The first kappa shape index (κ1) is 22.1. The standard InChI is InChI=1S/C19H28ClN5O.HI/c20-16-5-7-17(8-6-16)24-11-13-25(14-12-24)19(21)23-10-2-9-22-18(26)15-3-1-4-15;/h5-8,15H,1-4,9-14H2,(H2,21,23)(H,22,26);1H. The van der Waals surface area contributed by atoms with Crippen LogP contribution < -0.4 is 16.0 Å². The lowest BCUT2D eigenvalue weighted by molar-refractivity contribution is -0.127. The highest BCUT2D eigenvalue weighted by Gasteiger charge is 2.24. The Morgan fingerprint density at radius 3 is 2.44 bits per heavy atom. The number of amides is 1. The summed E-state index contributed by atoms with van der Waals surface area (Å²) >= 11 is 5.95. The van der Waals surface area contributed by atoms with E-state index in [4.69, 9.17) is 17.3 Å². The molecule has 8 heteroatoms. The van der Waals surface area contributed by atoms with E-state index in [-0.39, 0.29) is 35.8 Å². The lowest BCUT2D eigenvalue weighted by Gasteiger charge is -2.36. The molecule has 27 heavy (non-hydrogen) atoms. The van der Waals surface area contributed by atoms with Crippen LogP contribution in [0.4, 0.5) is 5.69 Å². The summed E-state index contributed by atoms with van der Waals surface area (Å²) in [5.41, 5.74) is 7.31.